The fourth-order valence-electron chi connectivity index (χ4n) is 6.85. The standard InChI is InChI=1S/C22H29FN2O/c1-24-6-7-25(14-20(24)18-4-2-3-5-19(18)23)21(26)22-11-15-8-16(12-22)10-17(9-15)13-22/h2-5,15-17,20H,6-14H2,1H3. The first-order valence-electron chi connectivity index (χ1n) is 10.3. The van der Waals surface area contributed by atoms with Gasteiger partial charge in [-0.3, -0.25) is 9.69 Å². The predicted molar refractivity (Wildman–Crippen MR) is 99.0 cm³/mol. The number of piperazine rings is 1. The van der Waals surface area contributed by atoms with Gasteiger partial charge >= 0.3 is 0 Å². The molecule has 1 aromatic rings. The van der Waals surface area contributed by atoms with E-state index in [-0.39, 0.29) is 17.3 Å². The number of halogens is 1. The van der Waals surface area contributed by atoms with E-state index >= 15 is 0 Å². The van der Waals surface area contributed by atoms with Crippen LogP contribution in [0, 0.1) is 29.0 Å². The van der Waals surface area contributed by atoms with Gasteiger partial charge in [-0.25, -0.2) is 4.39 Å². The first-order chi connectivity index (χ1) is 12.5. The average molecular weight is 356 g/mol. The molecular weight excluding hydrogens is 327 g/mol. The number of hydrogen-bond donors (Lipinski definition) is 0. The van der Waals surface area contributed by atoms with Crippen LogP contribution in [0.2, 0.25) is 0 Å². The highest BCUT2D eigenvalue weighted by atomic mass is 19.1. The Balaban J connectivity index is 1.39. The highest BCUT2D eigenvalue weighted by molar-refractivity contribution is 5.83. The van der Waals surface area contributed by atoms with Gasteiger partial charge in [-0.1, -0.05) is 18.2 Å². The van der Waals surface area contributed by atoms with E-state index in [9.17, 15) is 9.18 Å². The molecule has 3 nitrogen and oxygen atoms in total. The summed E-state index contributed by atoms with van der Waals surface area (Å²) in [4.78, 5) is 17.9. The highest BCUT2D eigenvalue weighted by Crippen LogP contribution is 2.60. The summed E-state index contributed by atoms with van der Waals surface area (Å²) >= 11 is 0. The van der Waals surface area contributed by atoms with Gasteiger partial charge in [-0.15, -0.1) is 0 Å². The molecule has 0 aromatic heterocycles. The summed E-state index contributed by atoms with van der Waals surface area (Å²) in [7, 11) is 2.05. The van der Waals surface area contributed by atoms with Gasteiger partial charge in [-0.2, -0.15) is 0 Å². The van der Waals surface area contributed by atoms with E-state index in [1.54, 1.807) is 6.07 Å². The van der Waals surface area contributed by atoms with Crippen molar-refractivity contribution in [2.24, 2.45) is 23.2 Å². The second kappa shape index (κ2) is 6.05. The quantitative estimate of drug-likeness (QED) is 0.803. The lowest BCUT2D eigenvalue weighted by atomic mass is 9.49. The maximum atomic E-state index is 14.4. The number of likely N-dealkylation sites (N-methyl/N-ethyl adjacent to an activating group) is 1. The first kappa shape index (κ1) is 16.7. The van der Waals surface area contributed by atoms with E-state index < -0.39 is 0 Å². The number of rotatable bonds is 2. The van der Waals surface area contributed by atoms with Crippen molar-refractivity contribution in [2.45, 2.75) is 44.6 Å². The van der Waals surface area contributed by atoms with Crippen LogP contribution in [0.1, 0.15) is 50.1 Å². The monoisotopic (exact) mass is 356 g/mol. The number of amides is 1. The Bertz CT molecular complexity index is 683. The maximum absolute atomic E-state index is 14.4. The lowest BCUT2D eigenvalue weighted by molar-refractivity contribution is -0.160. The minimum atomic E-state index is -0.159. The molecular formula is C22H29FN2O. The zero-order valence-corrected chi connectivity index (χ0v) is 15.7. The lowest BCUT2D eigenvalue weighted by Crippen LogP contribution is -2.58. The third-order valence-electron chi connectivity index (χ3n) is 7.69. The smallest absolute Gasteiger partial charge is 0.228 e. The molecule has 1 atom stereocenters. The van der Waals surface area contributed by atoms with Gasteiger partial charge in [0.2, 0.25) is 5.91 Å². The summed E-state index contributed by atoms with van der Waals surface area (Å²) in [6.07, 6.45) is 7.38. The molecule has 1 saturated heterocycles. The van der Waals surface area contributed by atoms with Crippen molar-refractivity contribution in [1.29, 1.82) is 0 Å². The molecule has 4 bridgehead atoms. The molecule has 4 saturated carbocycles. The largest absolute Gasteiger partial charge is 0.339 e. The van der Waals surface area contributed by atoms with Gasteiger partial charge in [0.15, 0.2) is 0 Å². The van der Waals surface area contributed by atoms with Crippen LogP contribution in [0.25, 0.3) is 0 Å². The van der Waals surface area contributed by atoms with Crippen LogP contribution in [0.15, 0.2) is 24.3 Å². The Morgan fingerprint density at radius 2 is 1.65 bits per heavy atom. The molecule has 5 fully saturated rings. The van der Waals surface area contributed by atoms with Gasteiger partial charge in [0.25, 0.3) is 0 Å². The van der Waals surface area contributed by atoms with Crippen molar-refractivity contribution in [3.05, 3.63) is 35.6 Å². The molecule has 4 heteroatoms. The normalized spacial score (nSPS) is 39.4. The Morgan fingerprint density at radius 3 is 2.27 bits per heavy atom. The van der Waals surface area contributed by atoms with Crippen molar-refractivity contribution in [3.8, 4) is 0 Å². The summed E-state index contributed by atoms with van der Waals surface area (Å²) in [6.45, 7) is 2.22. The minimum Gasteiger partial charge on any atom is -0.339 e. The fraction of sp³-hybridized carbons (Fsp3) is 0.682. The Morgan fingerprint density at radius 1 is 1.04 bits per heavy atom. The second-order valence-corrected chi connectivity index (χ2v) is 9.47. The van der Waals surface area contributed by atoms with E-state index in [0.29, 0.717) is 12.5 Å². The second-order valence-electron chi connectivity index (χ2n) is 9.47. The molecule has 0 radical (unpaired) electrons. The number of carbonyl (C=O) groups is 1. The fourth-order valence-corrected chi connectivity index (χ4v) is 6.85. The van der Waals surface area contributed by atoms with Crippen LogP contribution in [-0.2, 0) is 4.79 Å². The van der Waals surface area contributed by atoms with Crippen LogP contribution in [-0.4, -0.2) is 42.4 Å². The van der Waals surface area contributed by atoms with E-state index in [1.165, 1.54) is 25.3 Å². The lowest BCUT2D eigenvalue weighted by Gasteiger charge is -2.57. The number of hydrogen-bond acceptors (Lipinski definition) is 2. The van der Waals surface area contributed by atoms with Crippen molar-refractivity contribution >= 4 is 5.91 Å². The average Bonchev–Trinajstić information content (AvgIpc) is 2.61. The summed E-state index contributed by atoms with van der Waals surface area (Å²) in [5, 5.41) is 0. The highest BCUT2D eigenvalue weighted by Gasteiger charge is 2.56. The summed E-state index contributed by atoms with van der Waals surface area (Å²) in [6, 6.07) is 6.99. The van der Waals surface area contributed by atoms with Crippen LogP contribution in [0.4, 0.5) is 4.39 Å². The van der Waals surface area contributed by atoms with Gasteiger partial charge in [0, 0.05) is 25.2 Å². The van der Waals surface area contributed by atoms with Crippen molar-refractivity contribution in [1.82, 2.24) is 9.80 Å². The van der Waals surface area contributed by atoms with Gasteiger partial charge < -0.3 is 4.90 Å². The zero-order valence-electron chi connectivity index (χ0n) is 15.7. The molecule has 140 valence electrons. The third kappa shape index (κ3) is 2.60. The molecule has 6 rings (SSSR count). The zero-order chi connectivity index (χ0) is 17.9. The predicted octanol–water partition coefficient (Wildman–Crippen LogP) is 3.86. The van der Waals surface area contributed by atoms with E-state index in [0.717, 1.165) is 55.7 Å². The van der Waals surface area contributed by atoms with E-state index in [1.807, 2.05) is 19.2 Å². The van der Waals surface area contributed by atoms with Gasteiger partial charge in [0.05, 0.1) is 11.5 Å². The molecule has 1 amide bonds. The van der Waals surface area contributed by atoms with Gasteiger partial charge in [0.1, 0.15) is 5.82 Å². The Labute approximate surface area is 155 Å². The summed E-state index contributed by atoms with van der Waals surface area (Å²) in [5.74, 6) is 2.56. The molecule has 26 heavy (non-hydrogen) atoms. The molecule has 5 aliphatic rings. The maximum Gasteiger partial charge on any atom is 0.228 e. The van der Waals surface area contributed by atoms with Crippen LogP contribution in [0.5, 0.6) is 0 Å². The molecule has 1 aliphatic heterocycles. The SMILES string of the molecule is CN1CCN(C(=O)C23CC4CC(CC(C4)C2)C3)CC1c1ccccc1F. The summed E-state index contributed by atoms with van der Waals surface area (Å²) in [5.41, 5.74) is 0.628. The Kier molecular flexibility index (Phi) is 3.89. The molecule has 1 aromatic carbocycles. The van der Waals surface area contributed by atoms with Crippen LogP contribution < -0.4 is 0 Å². The summed E-state index contributed by atoms with van der Waals surface area (Å²) < 4.78 is 14.4. The molecule has 1 unspecified atom stereocenters. The number of nitrogens with zero attached hydrogens (tertiary/aromatic N) is 2. The molecule has 1 heterocycles. The molecule has 4 aliphatic carbocycles. The van der Waals surface area contributed by atoms with Crippen molar-refractivity contribution in [3.63, 3.8) is 0 Å². The number of carbonyl (C=O) groups excluding carboxylic acids is 1. The first-order valence-corrected chi connectivity index (χ1v) is 10.3. The topological polar surface area (TPSA) is 23.6 Å². The van der Waals surface area contributed by atoms with Crippen molar-refractivity contribution < 1.29 is 9.18 Å². The van der Waals surface area contributed by atoms with Crippen LogP contribution >= 0.6 is 0 Å². The molecule has 0 spiro atoms. The minimum absolute atomic E-state index is 0.0391. The van der Waals surface area contributed by atoms with Crippen LogP contribution in [0.3, 0.4) is 0 Å². The third-order valence-corrected chi connectivity index (χ3v) is 7.69. The molecule has 0 N–H and O–H groups in total. The van der Waals surface area contributed by atoms with E-state index in [4.69, 9.17) is 0 Å². The Hall–Kier alpha value is -1.42. The van der Waals surface area contributed by atoms with Gasteiger partial charge in [-0.05, 0) is 69.4 Å². The van der Waals surface area contributed by atoms with E-state index in [2.05, 4.69) is 9.80 Å². The number of benzene rings is 1. The van der Waals surface area contributed by atoms with Crippen molar-refractivity contribution in [2.75, 3.05) is 26.7 Å².